The van der Waals surface area contributed by atoms with Crippen molar-refractivity contribution in [3.63, 3.8) is 0 Å². The van der Waals surface area contributed by atoms with Gasteiger partial charge in [0.05, 0.1) is 26.4 Å². The van der Waals surface area contributed by atoms with Crippen LogP contribution in [0.25, 0.3) is 0 Å². The zero-order chi connectivity index (χ0) is 17.1. The molecule has 0 unspecified atom stereocenters. The van der Waals surface area contributed by atoms with E-state index in [-0.39, 0.29) is 0 Å². The van der Waals surface area contributed by atoms with Crippen LogP contribution in [0.5, 0.6) is 0 Å². The molecule has 0 radical (unpaired) electrons. The maximum absolute atomic E-state index is 5.79. The second-order valence-electron chi connectivity index (χ2n) is 7.39. The van der Waals surface area contributed by atoms with Crippen LogP contribution in [0.1, 0.15) is 55.4 Å². The van der Waals surface area contributed by atoms with Gasteiger partial charge < -0.3 is 18.9 Å². The molecule has 0 atom stereocenters. The van der Waals surface area contributed by atoms with Gasteiger partial charge in [0.2, 0.25) is 0 Å². The lowest BCUT2D eigenvalue weighted by Gasteiger charge is -2.20. The highest BCUT2D eigenvalue weighted by Crippen LogP contribution is 2.17. The molecule has 0 aliphatic carbocycles. The maximum Gasteiger partial charge on any atom is 0.364 e. The van der Waals surface area contributed by atoms with Gasteiger partial charge in [-0.05, 0) is 23.7 Å². The maximum atomic E-state index is 5.79. The zero-order valence-electron chi connectivity index (χ0n) is 15.8. The van der Waals surface area contributed by atoms with Crippen LogP contribution in [0.15, 0.2) is 11.9 Å². The van der Waals surface area contributed by atoms with Crippen LogP contribution in [0.2, 0.25) is 0 Å². The fourth-order valence-electron chi connectivity index (χ4n) is 1.29. The third-order valence-electron chi connectivity index (χ3n) is 2.36. The normalized spacial score (nSPS) is 11.3. The number of ether oxygens (including phenoxy) is 4. The first-order chi connectivity index (χ1) is 10.2. The Morgan fingerprint density at radius 2 is 0.636 bits per heavy atom. The van der Waals surface area contributed by atoms with Crippen LogP contribution in [0, 0.1) is 23.7 Å². The molecular weight excluding hydrogens is 280 g/mol. The topological polar surface area (TPSA) is 36.9 Å². The van der Waals surface area contributed by atoms with Crippen molar-refractivity contribution in [3.8, 4) is 0 Å². The van der Waals surface area contributed by atoms with Gasteiger partial charge in [0.1, 0.15) is 0 Å². The molecular formula is C18H36O4. The highest BCUT2D eigenvalue weighted by atomic mass is 16.7. The largest absolute Gasteiger partial charge is 0.460 e. The summed E-state index contributed by atoms with van der Waals surface area (Å²) in [5.74, 6) is 2.40. The molecule has 0 aromatic rings. The van der Waals surface area contributed by atoms with E-state index >= 15 is 0 Å². The van der Waals surface area contributed by atoms with Crippen LogP contribution in [-0.4, -0.2) is 26.4 Å². The second-order valence-corrected chi connectivity index (χ2v) is 7.39. The molecule has 0 spiro atoms. The van der Waals surface area contributed by atoms with Crippen molar-refractivity contribution in [3.05, 3.63) is 11.9 Å². The lowest BCUT2D eigenvalue weighted by molar-refractivity contribution is -0.0601. The van der Waals surface area contributed by atoms with Gasteiger partial charge >= 0.3 is 11.9 Å². The van der Waals surface area contributed by atoms with Crippen LogP contribution >= 0.6 is 0 Å². The molecule has 0 aromatic heterocycles. The third-order valence-corrected chi connectivity index (χ3v) is 2.36. The Balaban J connectivity index is 5.01. The molecule has 4 heteroatoms. The first-order valence-electron chi connectivity index (χ1n) is 8.47. The van der Waals surface area contributed by atoms with E-state index in [2.05, 4.69) is 55.4 Å². The zero-order valence-corrected chi connectivity index (χ0v) is 15.8. The van der Waals surface area contributed by atoms with E-state index in [1.54, 1.807) is 0 Å². The van der Waals surface area contributed by atoms with E-state index in [0.29, 0.717) is 62.0 Å². The van der Waals surface area contributed by atoms with Crippen LogP contribution in [0.4, 0.5) is 0 Å². The molecule has 0 N–H and O–H groups in total. The first-order valence-corrected chi connectivity index (χ1v) is 8.47. The molecule has 0 amide bonds. The molecule has 132 valence electrons. The third kappa shape index (κ3) is 11.6. The Kier molecular flexibility index (Phi) is 10.9. The Morgan fingerprint density at radius 3 is 0.773 bits per heavy atom. The molecule has 0 aromatic carbocycles. The molecule has 0 heterocycles. The van der Waals surface area contributed by atoms with Crippen molar-refractivity contribution in [1.29, 1.82) is 0 Å². The molecule has 0 aliphatic rings. The molecule has 0 saturated carbocycles. The Hall–Kier alpha value is -1.06. The molecule has 0 aliphatic heterocycles. The van der Waals surface area contributed by atoms with Crippen molar-refractivity contribution in [2.45, 2.75) is 55.4 Å². The monoisotopic (exact) mass is 316 g/mol. The number of hydrogen-bond donors (Lipinski definition) is 0. The minimum atomic E-state index is 0.378. The predicted octanol–water partition coefficient (Wildman–Crippen LogP) is 4.80. The fraction of sp³-hybridized carbons (Fsp3) is 0.889. The summed E-state index contributed by atoms with van der Waals surface area (Å²) < 4.78 is 23.2. The molecule has 0 bridgehead atoms. The fourth-order valence-corrected chi connectivity index (χ4v) is 1.29. The van der Waals surface area contributed by atoms with E-state index in [9.17, 15) is 0 Å². The van der Waals surface area contributed by atoms with Crippen molar-refractivity contribution < 1.29 is 18.9 Å². The average molecular weight is 316 g/mol. The standard InChI is InChI=1S/C18H36O4/c1-13(2)9-19-17(20-10-14(3)4)18(21-11-15(5)6)22-12-16(7)8/h13-16H,9-12H2,1-8H3. The van der Waals surface area contributed by atoms with Crippen molar-refractivity contribution in [2.24, 2.45) is 23.7 Å². The minimum absolute atomic E-state index is 0.378. The minimum Gasteiger partial charge on any atom is -0.460 e. The summed E-state index contributed by atoms with van der Waals surface area (Å²) in [5, 5.41) is 0. The van der Waals surface area contributed by atoms with Crippen LogP contribution < -0.4 is 0 Å². The lowest BCUT2D eigenvalue weighted by Crippen LogP contribution is -2.16. The van der Waals surface area contributed by atoms with Crippen LogP contribution in [-0.2, 0) is 18.9 Å². The summed E-state index contributed by atoms with van der Waals surface area (Å²) in [6.45, 7) is 19.1. The van der Waals surface area contributed by atoms with Gasteiger partial charge in [-0.1, -0.05) is 55.4 Å². The molecule has 0 fully saturated rings. The summed E-state index contributed by atoms with van der Waals surface area (Å²) >= 11 is 0. The SMILES string of the molecule is CC(C)COC(OCC(C)C)=C(OCC(C)C)OCC(C)C. The highest BCUT2D eigenvalue weighted by Gasteiger charge is 2.17. The van der Waals surface area contributed by atoms with E-state index in [0.717, 1.165) is 0 Å². The van der Waals surface area contributed by atoms with Crippen LogP contribution in [0.3, 0.4) is 0 Å². The molecule has 22 heavy (non-hydrogen) atoms. The summed E-state index contributed by atoms with van der Waals surface area (Å²) in [6, 6.07) is 0. The van der Waals surface area contributed by atoms with Gasteiger partial charge in [0.15, 0.2) is 0 Å². The lowest BCUT2D eigenvalue weighted by atomic mass is 10.2. The first kappa shape index (κ1) is 20.9. The summed E-state index contributed by atoms with van der Waals surface area (Å²) in [4.78, 5) is 0. The van der Waals surface area contributed by atoms with E-state index in [4.69, 9.17) is 18.9 Å². The average Bonchev–Trinajstić information content (AvgIpc) is 2.38. The Morgan fingerprint density at radius 1 is 0.455 bits per heavy atom. The summed E-state index contributed by atoms with van der Waals surface area (Å²) in [6.07, 6.45) is 0. The Bertz CT molecular complexity index is 248. The van der Waals surface area contributed by atoms with Gasteiger partial charge in [-0.25, -0.2) is 0 Å². The van der Waals surface area contributed by atoms with Gasteiger partial charge in [0, 0.05) is 0 Å². The quantitative estimate of drug-likeness (QED) is 0.484. The van der Waals surface area contributed by atoms with Gasteiger partial charge in [-0.2, -0.15) is 0 Å². The van der Waals surface area contributed by atoms with E-state index in [1.807, 2.05) is 0 Å². The van der Waals surface area contributed by atoms with Gasteiger partial charge in [-0.3, -0.25) is 0 Å². The molecule has 0 saturated heterocycles. The van der Waals surface area contributed by atoms with E-state index < -0.39 is 0 Å². The molecule has 0 rings (SSSR count). The second kappa shape index (κ2) is 11.5. The summed E-state index contributed by atoms with van der Waals surface area (Å²) in [7, 11) is 0. The van der Waals surface area contributed by atoms with Crippen molar-refractivity contribution in [1.82, 2.24) is 0 Å². The van der Waals surface area contributed by atoms with Gasteiger partial charge in [0.25, 0.3) is 0 Å². The summed E-state index contributed by atoms with van der Waals surface area (Å²) in [5.41, 5.74) is 0. The smallest absolute Gasteiger partial charge is 0.364 e. The number of hydrogen-bond acceptors (Lipinski definition) is 4. The van der Waals surface area contributed by atoms with Gasteiger partial charge in [-0.15, -0.1) is 0 Å². The predicted molar refractivity (Wildman–Crippen MR) is 90.2 cm³/mol. The Labute approximate surface area is 137 Å². The van der Waals surface area contributed by atoms with E-state index in [1.165, 1.54) is 0 Å². The highest BCUT2D eigenvalue weighted by molar-refractivity contribution is 4.87. The number of rotatable bonds is 12. The molecule has 4 nitrogen and oxygen atoms in total. The van der Waals surface area contributed by atoms with Crippen molar-refractivity contribution in [2.75, 3.05) is 26.4 Å². The van der Waals surface area contributed by atoms with Crippen molar-refractivity contribution >= 4 is 0 Å².